The topological polar surface area (TPSA) is 65.1 Å². The monoisotopic (exact) mass is 379 g/mol. The molecule has 4 aromatic heterocycles. The summed E-state index contributed by atoms with van der Waals surface area (Å²) in [5.41, 5.74) is 3.40. The van der Waals surface area contributed by atoms with Gasteiger partial charge in [0, 0.05) is 24.5 Å². The minimum atomic E-state index is -0.189. The number of hydrogen-bond acceptors (Lipinski definition) is 5. The van der Waals surface area contributed by atoms with Crippen molar-refractivity contribution < 1.29 is 0 Å². The van der Waals surface area contributed by atoms with Crippen molar-refractivity contribution in [2.45, 2.75) is 33.7 Å². The standard InChI is InChI=1S/C20H21N5OS/c1-12(2)9-15-11-27-19-16(15)18-22-17(14-5-7-21-8-6-14)23-25(18)20(26)24(19)10-13(3)4/h5-8,11-12H,3,9-10H2,1-2,4H3. The normalized spacial score (nSPS) is 11.7. The van der Waals surface area contributed by atoms with E-state index in [9.17, 15) is 4.79 Å². The highest BCUT2D eigenvalue weighted by Crippen LogP contribution is 2.31. The summed E-state index contributed by atoms with van der Waals surface area (Å²) in [6.45, 7) is 10.8. The summed E-state index contributed by atoms with van der Waals surface area (Å²) >= 11 is 1.59. The Kier molecular flexibility index (Phi) is 4.39. The van der Waals surface area contributed by atoms with Gasteiger partial charge in [0.25, 0.3) is 0 Å². The Morgan fingerprint density at radius 1 is 1.30 bits per heavy atom. The van der Waals surface area contributed by atoms with Crippen LogP contribution in [0.25, 0.3) is 27.3 Å². The summed E-state index contributed by atoms with van der Waals surface area (Å²) in [4.78, 5) is 22.8. The van der Waals surface area contributed by atoms with Crippen molar-refractivity contribution in [1.29, 1.82) is 0 Å². The van der Waals surface area contributed by atoms with Crippen LogP contribution in [-0.4, -0.2) is 24.1 Å². The summed E-state index contributed by atoms with van der Waals surface area (Å²) < 4.78 is 3.18. The van der Waals surface area contributed by atoms with E-state index in [0.29, 0.717) is 23.9 Å². The van der Waals surface area contributed by atoms with Crippen LogP contribution in [0, 0.1) is 5.92 Å². The molecule has 7 heteroatoms. The maximum atomic E-state index is 13.1. The van der Waals surface area contributed by atoms with Crippen molar-refractivity contribution in [3.8, 4) is 11.4 Å². The van der Waals surface area contributed by atoms with Gasteiger partial charge in [-0.15, -0.1) is 16.4 Å². The van der Waals surface area contributed by atoms with E-state index in [1.165, 1.54) is 10.1 Å². The van der Waals surface area contributed by atoms with E-state index in [4.69, 9.17) is 4.98 Å². The summed E-state index contributed by atoms with van der Waals surface area (Å²) in [6, 6.07) is 3.70. The van der Waals surface area contributed by atoms with Gasteiger partial charge in [0.1, 0.15) is 4.83 Å². The molecule has 4 rings (SSSR count). The fourth-order valence-electron chi connectivity index (χ4n) is 3.25. The lowest BCUT2D eigenvalue weighted by Gasteiger charge is -2.09. The Morgan fingerprint density at radius 2 is 2.04 bits per heavy atom. The van der Waals surface area contributed by atoms with Gasteiger partial charge < -0.3 is 0 Å². The number of pyridine rings is 1. The first-order valence-corrected chi connectivity index (χ1v) is 9.78. The van der Waals surface area contributed by atoms with Gasteiger partial charge in [0.05, 0.1) is 5.39 Å². The molecule has 0 fully saturated rings. The molecule has 4 heterocycles. The summed E-state index contributed by atoms with van der Waals surface area (Å²) in [6.07, 6.45) is 4.33. The van der Waals surface area contributed by atoms with Gasteiger partial charge >= 0.3 is 5.69 Å². The zero-order valence-electron chi connectivity index (χ0n) is 15.6. The predicted molar refractivity (Wildman–Crippen MR) is 109 cm³/mol. The largest absolute Gasteiger partial charge is 0.352 e. The third-order valence-corrected chi connectivity index (χ3v) is 5.38. The molecular weight excluding hydrogens is 358 g/mol. The van der Waals surface area contributed by atoms with Crippen molar-refractivity contribution >= 4 is 27.2 Å². The molecule has 0 saturated carbocycles. The van der Waals surface area contributed by atoms with Crippen molar-refractivity contribution in [2.75, 3.05) is 0 Å². The van der Waals surface area contributed by atoms with E-state index >= 15 is 0 Å². The van der Waals surface area contributed by atoms with Crippen LogP contribution in [0.1, 0.15) is 26.3 Å². The number of aromatic nitrogens is 5. The van der Waals surface area contributed by atoms with E-state index in [2.05, 4.69) is 35.9 Å². The summed E-state index contributed by atoms with van der Waals surface area (Å²) in [5, 5.41) is 7.67. The van der Waals surface area contributed by atoms with E-state index in [1.54, 1.807) is 28.3 Å². The van der Waals surface area contributed by atoms with Crippen LogP contribution in [0.2, 0.25) is 0 Å². The molecule has 6 nitrogen and oxygen atoms in total. The molecule has 0 aliphatic carbocycles. The molecule has 0 radical (unpaired) electrons. The Balaban J connectivity index is 2.07. The fourth-order valence-corrected chi connectivity index (χ4v) is 4.33. The van der Waals surface area contributed by atoms with E-state index in [1.807, 2.05) is 19.1 Å². The second kappa shape index (κ2) is 6.74. The lowest BCUT2D eigenvalue weighted by molar-refractivity contribution is 0.650. The second-order valence-electron chi connectivity index (χ2n) is 7.27. The highest BCUT2D eigenvalue weighted by atomic mass is 32.1. The molecular formula is C20H21N5OS. The molecule has 0 aliphatic rings. The molecule has 0 saturated heterocycles. The van der Waals surface area contributed by atoms with Gasteiger partial charge in [0.15, 0.2) is 11.5 Å². The first-order chi connectivity index (χ1) is 13.0. The van der Waals surface area contributed by atoms with Crippen molar-refractivity contribution in [3.63, 3.8) is 0 Å². The van der Waals surface area contributed by atoms with Gasteiger partial charge in [-0.05, 0) is 42.3 Å². The van der Waals surface area contributed by atoms with Gasteiger partial charge in [-0.1, -0.05) is 26.0 Å². The quantitative estimate of drug-likeness (QED) is 0.493. The summed E-state index contributed by atoms with van der Waals surface area (Å²) in [7, 11) is 0. The van der Waals surface area contributed by atoms with Crippen LogP contribution in [0.4, 0.5) is 0 Å². The maximum Gasteiger partial charge on any atom is 0.352 e. The molecule has 0 aliphatic heterocycles. The minimum Gasteiger partial charge on any atom is -0.279 e. The zero-order valence-corrected chi connectivity index (χ0v) is 16.5. The Morgan fingerprint density at radius 3 is 2.70 bits per heavy atom. The van der Waals surface area contributed by atoms with Gasteiger partial charge in [-0.3, -0.25) is 9.55 Å². The van der Waals surface area contributed by atoms with Gasteiger partial charge in [0.2, 0.25) is 0 Å². The van der Waals surface area contributed by atoms with Crippen LogP contribution in [0.5, 0.6) is 0 Å². The summed E-state index contributed by atoms with van der Waals surface area (Å²) in [5.74, 6) is 1.04. The third kappa shape index (κ3) is 3.08. The predicted octanol–water partition coefficient (Wildman–Crippen LogP) is 3.94. The second-order valence-corrected chi connectivity index (χ2v) is 8.13. The van der Waals surface area contributed by atoms with Crippen LogP contribution in [0.3, 0.4) is 0 Å². The van der Waals surface area contributed by atoms with Gasteiger partial charge in [-0.2, -0.15) is 4.52 Å². The van der Waals surface area contributed by atoms with Crippen LogP contribution in [0.15, 0.2) is 46.9 Å². The molecule has 27 heavy (non-hydrogen) atoms. The lowest BCUT2D eigenvalue weighted by atomic mass is 10.0. The zero-order chi connectivity index (χ0) is 19.1. The average Bonchev–Trinajstić information content (AvgIpc) is 3.23. The van der Waals surface area contributed by atoms with E-state index < -0.39 is 0 Å². The average molecular weight is 379 g/mol. The van der Waals surface area contributed by atoms with Crippen molar-refractivity contribution in [3.05, 3.63) is 58.1 Å². The Labute approximate surface area is 160 Å². The smallest absolute Gasteiger partial charge is 0.279 e. The lowest BCUT2D eigenvalue weighted by Crippen LogP contribution is -2.27. The number of allylic oxidation sites excluding steroid dienone is 1. The van der Waals surface area contributed by atoms with E-state index in [-0.39, 0.29) is 5.69 Å². The van der Waals surface area contributed by atoms with Gasteiger partial charge in [-0.25, -0.2) is 9.78 Å². The first kappa shape index (κ1) is 17.6. The molecule has 0 spiro atoms. The van der Waals surface area contributed by atoms with E-state index in [0.717, 1.165) is 27.8 Å². The van der Waals surface area contributed by atoms with Crippen molar-refractivity contribution in [1.82, 2.24) is 24.1 Å². The molecule has 0 aromatic carbocycles. The van der Waals surface area contributed by atoms with Crippen molar-refractivity contribution in [2.24, 2.45) is 5.92 Å². The number of fused-ring (bicyclic) bond motifs is 3. The molecule has 0 amide bonds. The number of thiophene rings is 1. The SMILES string of the molecule is C=C(C)Cn1c(=O)n2nc(-c3ccncc3)nc2c2c(CC(C)C)csc21. The number of nitrogens with zero attached hydrogens (tertiary/aromatic N) is 5. The minimum absolute atomic E-state index is 0.189. The first-order valence-electron chi connectivity index (χ1n) is 8.90. The maximum absolute atomic E-state index is 13.1. The molecule has 138 valence electrons. The molecule has 0 unspecified atom stereocenters. The molecule has 0 atom stereocenters. The Bertz CT molecular complexity index is 1200. The fraction of sp³-hybridized carbons (Fsp3) is 0.300. The number of rotatable bonds is 5. The highest BCUT2D eigenvalue weighted by Gasteiger charge is 2.20. The molecule has 4 aromatic rings. The van der Waals surface area contributed by atoms with Crippen LogP contribution >= 0.6 is 11.3 Å². The molecule has 0 bridgehead atoms. The van der Waals surface area contributed by atoms with Crippen LogP contribution in [-0.2, 0) is 13.0 Å². The Hall–Kier alpha value is -2.80. The highest BCUT2D eigenvalue weighted by molar-refractivity contribution is 7.17. The molecule has 0 N–H and O–H groups in total. The third-order valence-electron chi connectivity index (χ3n) is 4.33. The number of hydrogen-bond donors (Lipinski definition) is 0. The van der Waals surface area contributed by atoms with Crippen LogP contribution < -0.4 is 5.69 Å².